The normalized spacial score (nSPS) is 13.4. The van der Waals surface area contributed by atoms with Crippen LogP contribution in [0, 0.1) is 5.92 Å². The number of carbonyl (C=O) groups excluding carboxylic acids is 1. The van der Waals surface area contributed by atoms with Crippen LogP contribution in [-0.2, 0) is 11.2 Å². The summed E-state index contributed by atoms with van der Waals surface area (Å²) in [5.41, 5.74) is 11.6. The van der Waals surface area contributed by atoms with E-state index in [0.717, 1.165) is 69.5 Å². The average Bonchev–Trinajstić information content (AvgIpc) is 3.30. The molecule has 1 aromatic carbocycles. The lowest BCUT2D eigenvalue weighted by Crippen LogP contribution is -2.14. The second kappa shape index (κ2) is 10.9. The number of hydrogen-bond donors (Lipinski definition) is 2. The van der Waals surface area contributed by atoms with Gasteiger partial charge in [-0.2, -0.15) is 0 Å². The highest BCUT2D eigenvalue weighted by Crippen LogP contribution is 2.38. The third-order valence-corrected chi connectivity index (χ3v) is 7.45. The molecule has 40 heavy (non-hydrogen) atoms. The average molecular weight is 528 g/mol. The summed E-state index contributed by atoms with van der Waals surface area (Å²) in [6.45, 7) is 6.30. The predicted octanol–water partition coefficient (Wildman–Crippen LogP) is 7.83. The van der Waals surface area contributed by atoms with Crippen LogP contribution in [0.15, 0.2) is 85.0 Å². The van der Waals surface area contributed by atoms with Crippen LogP contribution in [0.5, 0.6) is 0 Å². The second-order valence-electron chi connectivity index (χ2n) is 11.0. The third kappa shape index (κ3) is 5.17. The Bertz CT molecular complexity index is 1730. The maximum atomic E-state index is 12.4. The van der Waals surface area contributed by atoms with E-state index in [4.69, 9.17) is 4.98 Å². The number of amides is 1. The number of pyridine rings is 3. The molecule has 6 heteroatoms. The summed E-state index contributed by atoms with van der Waals surface area (Å²) in [5.74, 6) is 0.293. The van der Waals surface area contributed by atoms with Crippen LogP contribution < -0.4 is 5.32 Å². The van der Waals surface area contributed by atoms with Gasteiger partial charge in [-0.1, -0.05) is 37.6 Å². The Labute approximate surface area is 234 Å². The molecule has 0 aliphatic heterocycles. The van der Waals surface area contributed by atoms with Gasteiger partial charge in [0.1, 0.15) is 0 Å². The zero-order valence-corrected chi connectivity index (χ0v) is 23.2. The Morgan fingerprint density at radius 3 is 2.65 bits per heavy atom. The third-order valence-electron chi connectivity index (χ3n) is 7.45. The van der Waals surface area contributed by atoms with E-state index in [-0.39, 0.29) is 5.91 Å². The summed E-state index contributed by atoms with van der Waals surface area (Å²) in [4.78, 5) is 30.0. The number of hydrogen-bond acceptors (Lipinski definition) is 4. The lowest BCUT2D eigenvalue weighted by Gasteiger charge is -2.14. The molecule has 4 heterocycles. The highest BCUT2D eigenvalue weighted by Gasteiger charge is 2.21. The number of anilines is 1. The Morgan fingerprint density at radius 1 is 0.950 bits per heavy atom. The molecular formula is C34H33N5O. The van der Waals surface area contributed by atoms with Crippen molar-refractivity contribution >= 4 is 28.1 Å². The van der Waals surface area contributed by atoms with E-state index >= 15 is 0 Å². The van der Waals surface area contributed by atoms with Crippen molar-refractivity contribution < 1.29 is 4.79 Å². The molecule has 0 saturated heterocycles. The van der Waals surface area contributed by atoms with Crippen LogP contribution in [0.25, 0.3) is 38.9 Å². The standard InChI is InChI=1S/C34H33N5O/c1-21(2)14-33(40)38-25-15-23(18-35-20-25)24-16-28-30(37-19-24)11-6-8-22(3)34(28)32-17-27-26(9-7-12-31(27)39-32)29-10-4-5-13-36-29/h4-5,7,9-10,12-13,15-21,39H,6,8,11,14H2,1-3H3,(H,38,40). The van der Waals surface area contributed by atoms with Gasteiger partial charge in [-0.05, 0) is 68.5 Å². The molecule has 0 unspecified atom stereocenters. The Kier molecular flexibility index (Phi) is 6.99. The molecule has 1 amide bonds. The van der Waals surface area contributed by atoms with Crippen molar-refractivity contribution in [1.82, 2.24) is 19.9 Å². The molecule has 2 N–H and O–H groups in total. The summed E-state index contributed by atoms with van der Waals surface area (Å²) in [5, 5.41) is 4.14. The SMILES string of the molecule is CC1=C(c2cc3c(-c4ccccn4)cccc3[nH]2)c2cc(-c3cncc(NC(=O)CC(C)C)c3)cnc2CCC1. The van der Waals surface area contributed by atoms with Gasteiger partial charge < -0.3 is 10.3 Å². The van der Waals surface area contributed by atoms with E-state index in [0.29, 0.717) is 18.0 Å². The van der Waals surface area contributed by atoms with Crippen LogP contribution in [0.1, 0.15) is 57.0 Å². The fourth-order valence-electron chi connectivity index (χ4n) is 5.60. The number of aromatic amines is 1. The molecule has 0 spiro atoms. The summed E-state index contributed by atoms with van der Waals surface area (Å²) < 4.78 is 0. The number of aromatic nitrogens is 4. The lowest BCUT2D eigenvalue weighted by atomic mass is 9.94. The fraction of sp³-hybridized carbons (Fsp3) is 0.235. The quantitative estimate of drug-likeness (QED) is 0.236. The predicted molar refractivity (Wildman–Crippen MR) is 162 cm³/mol. The zero-order valence-electron chi connectivity index (χ0n) is 23.2. The topological polar surface area (TPSA) is 83.6 Å². The second-order valence-corrected chi connectivity index (χ2v) is 11.0. The van der Waals surface area contributed by atoms with Crippen LogP contribution in [-0.4, -0.2) is 25.8 Å². The van der Waals surface area contributed by atoms with Gasteiger partial charge in [0.25, 0.3) is 0 Å². The highest BCUT2D eigenvalue weighted by atomic mass is 16.1. The Balaban J connectivity index is 1.42. The number of H-pyrrole nitrogens is 1. The summed E-state index contributed by atoms with van der Waals surface area (Å²) >= 11 is 0. The first-order chi connectivity index (χ1) is 19.5. The lowest BCUT2D eigenvalue weighted by molar-refractivity contribution is -0.116. The number of aryl methyl sites for hydroxylation is 1. The van der Waals surface area contributed by atoms with Crippen molar-refractivity contribution in [2.75, 3.05) is 5.32 Å². The van der Waals surface area contributed by atoms with Crippen LogP contribution in [0.4, 0.5) is 5.69 Å². The minimum Gasteiger partial charge on any atom is -0.354 e. The van der Waals surface area contributed by atoms with Crippen molar-refractivity contribution in [3.8, 4) is 22.4 Å². The molecule has 0 radical (unpaired) electrons. The van der Waals surface area contributed by atoms with E-state index in [1.165, 1.54) is 11.1 Å². The molecule has 0 bridgehead atoms. The molecule has 0 atom stereocenters. The first-order valence-electron chi connectivity index (χ1n) is 13.9. The number of carbonyl (C=O) groups is 1. The van der Waals surface area contributed by atoms with Gasteiger partial charge in [-0.3, -0.25) is 19.7 Å². The van der Waals surface area contributed by atoms with E-state index in [9.17, 15) is 4.79 Å². The molecule has 200 valence electrons. The van der Waals surface area contributed by atoms with Crippen molar-refractivity contribution in [2.45, 2.75) is 46.5 Å². The Hall–Kier alpha value is -4.58. The number of allylic oxidation sites excluding steroid dienone is 1. The largest absolute Gasteiger partial charge is 0.354 e. The molecule has 5 aromatic rings. The fourth-order valence-corrected chi connectivity index (χ4v) is 5.60. The summed E-state index contributed by atoms with van der Waals surface area (Å²) in [7, 11) is 0. The number of fused-ring (bicyclic) bond motifs is 2. The van der Waals surface area contributed by atoms with Gasteiger partial charge >= 0.3 is 0 Å². The van der Waals surface area contributed by atoms with E-state index in [1.807, 2.05) is 50.6 Å². The molecule has 1 aliphatic rings. The molecule has 6 nitrogen and oxygen atoms in total. The summed E-state index contributed by atoms with van der Waals surface area (Å²) in [6.07, 6.45) is 10.8. The molecule has 1 aliphatic carbocycles. The molecule has 4 aromatic heterocycles. The minimum absolute atomic E-state index is 0.00117. The summed E-state index contributed by atoms with van der Waals surface area (Å²) in [6, 6.07) is 18.8. The molecular weight excluding hydrogens is 494 g/mol. The first kappa shape index (κ1) is 25.7. The van der Waals surface area contributed by atoms with E-state index in [2.05, 4.69) is 63.6 Å². The number of rotatable bonds is 6. The van der Waals surface area contributed by atoms with Gasteiger partial charge in [-0.15, -0.1) is 0 Å². The smallest absolute Gasteiger partial charge is 0.224 e. The zero-order chi connectivity index (χ0) is 27.6. The molecule has 0 fully saturated rings. The monoisotopic (exact) mass is 527 g/mol. The van der Waals surface area contributed by atoms with Crippen LogP contribution >= 0.6 is 0 Å². The Morgan fingerprint density at radius 2 is 1.82 bits per heavy atom. The van der Waals surface area contributed by atoms with Crippen molar-refractivity contribution in [3.05, 3.63) is 102 Å². The highest BCUT2D eigenvalue weighted by molar-refractivity contribution is 5.98. The minimum atomic E-state index is -0.00117. The van der Waals surface area contributed by atoms with E-state index < -0.39 is 0 Å². The maximum Gasteiger partial charge on any atom is 0.224 e. The number of benzene rings is 1. The van der Waals surface area contributed by atoms with Gasteiger partial charge in [0, 0.05) is 75.1 Å². The first-order valence-corrected chi connectivity index (χ1v) is 13.9. The number of nitrogens with zero attached hydrogens (tertiary/aromatic N) is 3. The van der Waals surface area contributed by atoms with Gasteiger partial charge in [0.2, 0.25) is 5.91 Å². The van der Waals surface area contributed by atoms with Crippen LogP contribution in [0.3, 0.4) is 0 Å². The molecule has 0 saturated carbocycles. The van der Waals surface area contributed by atoms with Crippen LogP contribution in [0.2, 0.25) is 0 Å². The number of nitrogens with one attached hydrogen (secondary N) is 2. The van der Waals surface area contributed by atoms with Crippen molar-refractivity contribution in [2.24, 2.45) is 5.92 Å². The maximum absolute atomic E-state index is 12.4. The van der Waals surface area contributed by atoms with Gasteiger partial charge in [0.05, 0.1) is 17.6 Å². The van der Waals surface area contributed by atoms with Crippen molar-refractivity contribution in [1.29, 1.82) is 0 Å². The van der Waals surface area contributed by atoms with Gasteiger partial charge in [0.15, 0.2) is 0 Å². The van der Waals surface area contributed by atoms with Gasteiger partial charge in [-0.25, -0.2) is 0 Å². The van der Waals surface area contributed by atoms with E-state index in [1.54, 1.807) is 6.20 Å². The molecule has 6 rings (SSSR count). The van der Waals surface area contributed by atoms with Crippen molar-refractivity contribution in [3.63, 3.8) is 0 Å².